The van der Waals surface area contributed by atoms with Gasteiger partial charge in [-0.2, -0.15) is 0 Å². The monoisotopic (exact) mass is 263 g/mol. The van der Waals surface area contributed by atoms with Crippen molar-refractivity contribution < 1.29 is 14.6 Å². The van der Waals surface area contributed by atoms with Gasteiger partial charge in [0.25, 0.3) is 0 Å². The van der Waals surface area contributed by atoms with Crippen LogP contribution in [-0.4, -0.2) is 16.1 Å². The minimum atomic E-state index is -0.951. The molecule has 0 aliphatic carbocycles. The number of carboxylic acids is 1. The number of hydrogen-bond acceptors (Lipinski definition) is 4. The van der Waals surface area contributed by atoms with Gasteiger partial charge in [0, 0.05) is 0 Å². The number of aryl methyl sites for hydroxylation is 1. The predicted octanol–water partition coefficient (Wildman–Crippen LogP) is 2.98. The highest BCUT2D eigenvalue weighted by Crippen LogP contribution is 2.21. The lowest BCUT2D eigenvalue weighted by molar-refractivity contribution is 0.0702. The second-order valence-corrected chi connectivity index (χ2v) is 4.79. The van der Waals surface area contributed by atoms with Crippen LogP contribution in [0.2, 0.25) is 0 Å². The Labute approximate surface area is 109 Å². The first-order valence-corrected chi connectivity index (χ1v) is 6.41. The van der Waals surface area contributed by atoms with Crippen molar-refractivity contribution in [3.8, 4) is 5.75 Å². The molecule has 0 aliphatic rings. The topological polar surface area (TPSA) is 59.4 Å². The van der Waals surface area contributed by atoms with Gasteiger partial charge in [0.2, 0.25) is 0 Å². The van der Waals surface area contributed by atoms with Crippen LogP contribution >= 0.6 is 11.3 Å². The molecular formula is C13H13NO3S. The number of aromatic nitrogens is 1. The van der Waals surface area contributed by atoms with E-state index >= 15 is 0 Å². The molecule has 1 N–H and O–H groups in total. The van der Waals surface area contributed by atoms with Gasteiger partial charge in [-0.1, -0.05) is 25.1 Å². The zero-order valence-corrected chi connectivity index (χ0v) is 10.7. The van der Waals surface area contributed by atoms with Crippen LogP contribution in [0.15, 0.2) is 30.5 Å². The molecule has 0 aliphatic heterocycles. The molecule has 0 bridgehead atoms. The Morgan fingerprint density at radius 1 is 1.44 bits per heavy atom. The smallest absolute Gasteiger partial charge is 0.347 e. The molecule has 1 heterocycles. The maximum atomic E-state index is 10.7. The SMILES string of the molecule is CCc1ccccc1OCc1ncc(C(=O)O)s1. The van der Waals surface area contributed by atoms with E-state index in [0.717, 1.165) is 29.1 Å². The number of hydrogen-bond donors (Lipinski definition) is 1. The number of carboxylic acid groups (broad SMARTS) is 1. The maximum Gasteiger partial charge on any atom is 0.347 e. The Morgan fingerprint density at radius 3 is 2.89 bits per heavy atom. The average Bonchev–Trinajstić information content (AvgIpc) is 2.85. The lowest BCUT2D eigenvalue weighted by atomic mass is 10.1. The molecule has 18 heavy (non-hydrogen) atoms. The molecular weight excluding hydrogens is 250 g/mol. The summed E-state index contributed by atoms with van der Waals surface area (Å²) in [5, 5.41) is 9.46. The van der Waals surface area contributed by atoms with Crippen molar-refractivity contribution in [1.82, 2.24) is 4.98 Å². The number of benzene rings is 1. The highest BCUT2D eigenvalue weighted by Gasteiger charge is 2.09. The van der Waals surface area contributed by atoms with E-state index in [-0.39, 0.29) is 4.88 Å². The van der Waals surface area contributed by atoms with Crippen LogP contribution in [0.1, 0.15) is 27.2 Å². The number of para-hydroxylation sites is 1. The summed E-state index contributed by atoms with van der Waals surface area (Å²) in [7, 11) is 0. The molecule has 1 aromatic carbocycles. The van der Waals surface area contributed by atoms with Crippen molar-refractivity contribution in [2.75, 3.05) is 0 Å². The fraction of sp³-hybridized carbons (Fsp3) is 0.231. The van der Waals surface area contributed by atoms with Gasteiger partial charge in [0.15, 0.2) is 0 Å². The van der Waals surface area contributed by atoms with Crippen LogP contribution in [0.5, 0.6) is 5.75 Å². The number of nitrogens with zero attached hydrogens (tertiary/aromatic N) is 1. The van der Waals surface area contributed by atoms with Gasteiger partial charge in [-0.05, 0) is 18.1 Å². The molecule has 2 aromatic rings. The minimum Gasteiger partial charge on any atom is -0.486 e. The number of aromatic carboxylic acids is 1. The first-order valence-electron chi connectivity index (χ1n) is 5.59. The van der Waals surface area contributed by atoms with Crippen molar-refractivity contribution in [1.29, 1.82) is 0 Å². The molecule has 1 aromatic heterocycles. The molecule has 0 spiro atoms. The molecule has 5 heteroatoms. The Bertz CT molecular complexity index is 551. The van der Waals surface area contributed by atoms with E-state index in [9.17, 15) is 4.79 Å². The summed E-state index contributed by atoms with van der Waals surface area (Å²) in [6.45, 7) is 2.36. The van der Waals surface area contributed by atoms with Crippen LogP contribution in [0.25, 0.3) is 0 Å². The third kappa shape index (κ3) is 2.87. The summed E-state index contributed by atoms with van der Waals surface area (Å²) >= 11 is 1.14. The number of carbonyl (C=O) groups is 1. The number of ether oxygens (including phenoxy) is 1. The van der Waals surface area contributed by atoms with E-state index < -0.39 is 5.97 Å². The summed E-state index contributed by atoms with van der Waals surface area (Å²) in [6.07, 6.45) is 2.26. The second-order valence-electron chi connectivity index (χ2n) is 3.67. The first kappa shape index (κ1) is 12.6. The Kier molecular flexibility index (Phi) is 3.94. The number of rotatable bonds is 5. The van der Waals surface area contributed by atoms with E-state index in [0.29, 0.717) is 11.6 Å². The second kappa shape index (κ2) is 5.64. The molecule has 0 saturated heterocycles. The molecule has 2 rings (SSSR count). The largest absolute Gasteiger partial charge is 0.486 e. The first-order chi connectivity index (χ1) is 8.70. The summed E-state index contributed by atoms with van der Waals surface area (Å²) in [5.74, 6) is -0.125. The van der Waals surface area contributed by atoms with E-state index in [1.807, 2.05) is 24.3 Å². The molecule has 0 radical (unpaired) electrons. The normalized spacial score (nSPS) is 10.3. The van der Waals surface area contributed by atoms with Crippen molar-refractivity contribution in [2.24, 2.45) is 0 Å². The van der Waals surface area contributed by atoms with Crippen LogP contribution in [0, 0.1) is 0 Å². The van der Waals surface area contributed by atoms with Gasteiger partial charge in [-0.15, -0.1) is 11.3 Å². The molecule has 0 fully saturated rings. The molecule has 0 saturated carbocycles. The minimum absolute atomic E-state index is 0.234. The molecule has 94 valence electrons. The van der Waals surface area contributed by atoms with Crippen LogP contribution in [0.4, 0.5) is 0 Å². The van der Waals surface area contributed by atoms with Gasteiger partial charge < -0.3 is 9.84 Å². The van der Waals surface area contributed by atoms with Crippen molar-refractivity contribution in [3.05, 3.63) is 45.9 Å². The molecule has 4 nitrogen and oxygen atoms in total. The highest BCUT2D eigenvalue weighted by molar-refractivity contribution is 7.13. The van der Waals surface area contributed by atoms with Crippen molar-refractivity contribution >= 4 is 17.3 Å². The molecule has 0 atom stereocenters. The Morgan fingerprint density at radius 2 is 2.22 bits per heavy atom. The van der Waals surface area contributed by atoms with E-state index in [2.05, 4.69) is 11.9 Å². The maximum absolute atomic E-state index is 10.7. The zero-order chi connectivity index (χ0) is 13.0. The van der Waals surface area contributed by atoms with E-state index in [1.54, 1.807) is 0 Å². The van der Waals surface area contributed by atoms with E-state index in [1.165, 1.54) is 6.20 Å². The fourth-order valence-corrected chi connectivity index (χ4v) is 2.22. The lowest BCUT2D eigenvalue weighted by Crippen LogP contribution is -1.97. The number of thiazole rings is 1. The quantitative estimate of drug-likeness (QED) is 0.901. The van der Waals surface area contributed by atoms with Crippen molar-refractivity contribution in [3.63, 3.8) is 0 Å². The average molecular weight is 263 g/mol. The van der Waals surface area contributed by atoms with Crippen LogP contribution in [0.3, 0.4) is 0 Å². The lowest BCUT2D eigenvalue weighted by Gasteiger charge is -2.08. The molecule has 0 unspecified atom stereocenters. The third-order valence-electron chi connectivity index (χ3n) is 2.47. The summed E-state index contributed by atoms with van der Waals surface area (Å²) < 4.78 is 5.66. The van der Waals surface area contributed by atoms with Gasteiger partial charge >= 0.3 is 5.97 Å². The standard InChI is InChI=1S/C13H13NO3S/c1-2-9-5-3-4-6-10(9)17-8-12-14-7-11(18-12)13(15)16/h3-7H,2,8H2,1H3,(H,15,16). The van der Waals surface area contributed by atoms with Gasteiger partial charge in [-0.3, -0.25) is 0 Å². The van der Waals surface area contributed by atoms with E-state index in [4.69, 9.17) is 9.84 Å². The Hall–Kier alpha value is -1.88. The fourth-order valence-electron chi connectivity index (χ4n) is 1.55. The van der Waals surface area contributed by atoms with Gasteiger partial charge in [0.05, 0.1) is 6.20 Å². The van der Waals surface area contributed by atoms with Gasteiger partial charge in [-0.25, -0.2) is 9.78 Å². The summed E-state index contributed by atoms with van der Waals surface area (Å²) in [4.78, 5) is 15.0. The van der Waals surface area contributed by atoms with Crippen LogP contribution in [-0.2, 0) is 13.0 Å². The molecule has 0 amide bonds. The summed E-state index contributed by atoms with van der Waals surface area (Å²) in [5.41, 5.74) is 1.13. The predicted molar refractivity (Wildman–Crippen MR) is 69.2 cm³/mol. The zero-order valence-electron chi connectivity index (χ0n) is 9.92. The van der Waals surface area contributed by atoms with Crippen molar-refractivity contribution in [2.45, 2.75) is 20.0 Å². The Balaban J connectivity index is 2.04. The highest BCUT2D eigenvalue weighted by atomic mass is 32.1. The summed E-state index contributed by atoms with van der Waals surface area (Å²) in [6, 6.07) is 7.81. The van der Waals surface area contributed by atoms with Gasteiger partial charge in [0.1, 0.15) is 22.2 Å². The van der Waals surface area contributed by atoms with Crippen LogP contribution < -0.4 is 4.74 Å². The third-order valence-corrected chi connectivity index (χ3v) is 3.43.